The number of rotatable bonds is 2. The highest BCUT2D eigenvalue weighted by atomic mass is 16.6. The van der Waals surface area contributed by atoms with E-state index in [1.165, 1.54) is 0 Å². The fourth-order valence-electron chi connectivity index (χ4n) is 1.73. The summed E-state index contributed by atoms with van der Waals surface area (Å²) in [6.45, 7) is 3.86. The number of hydrogen-bond acceptors (Lipinski definition) is 4. The number of nitrogens with one attached hydrogen (secondary N) is 1. The standard InChI is InChI=1S/C9H14N2O3/c1-9(2)4-6(10-3)8(11(13)14)7(12)5-9/h10H,4-5H2,1-3H3. The number of Topliss-reactive ketones (excluding diaryl/α,β-unsaturated/α-hetero) is 1. The van der Waals surface area contributed by atoms with Crippen molar-refractivity contribution in [3.8, 4) is 0 Å². The number of nitrogens with zero attached hydrogens (tertiary/aromatic N) is 1. The number of ketones is 1. The third-order valence-corrected chi connectivity index (χ3v) is 2.33. The quantitative estimate of drug-likeness (QED) is 0.532. The zero-order chi connectivity index (χ0) is 10.9. The maximum Gasteiger partial charge on any atom is 0.330 e. The van der Waals surface area contributed by atoms with Crippen molar-refractivity contribution in [3.63, 3.8) is 0 Å². The lowest BCUT2D eigenvalue weighted by Gasteiger charge is -2.28. The van der Waals surface area contributed by atoms with Crippen LogP contribution in [0.2, 0.25) is 0 Å². The van der Waals surface area contributed by atoms with Crippen LogP contribution in [0, 0.1) is 15.5 Å². The zero-order valence-electron chi connectivity index (χ0n) is 8.59. The number of allylic oxidation sites excluding steroid dienone is 2. The van der Waals surface area contributed by atoms with Crippen molar-refractivity contribution < 1.29 is 9.72 Å². The van der Waals surface area contributed by atoms with Gasteiger partial charge in [-0.1, -0.05) is 13.8 Å². The molecule has 0 bridgehead atoms. The van der Waals surface area contributed by atoms with E-state index >= 15 is 0 Å². The van der Waals surface area contributed by atoms with E-state index in [1.807, 2.05) is 13.8 Å². The van der Waals surface area contributed by atoms with Crippen LogP contribution in [0.3, 0.4) is 0 Å². The van der Waals surface area contributed by atoms with E-state index in [0.717, 1.165) is 0 Å². The normalized spacial score (nSPS) is 20.9. The molecule has 0 unspecified atom stereocenters. The van der Waals surface area contributed by atoms with Crippen LogP contribution in [0.25, 0.3) is 0 Å². The average molecular weight is 198 g/mol. The SMILES string of the molecule is CNC1=C([N+](=O)[O-])C(=O)CC(C)(C)C1. The lowest BCUT2D eigenvalue weighted by atomic mass is 9.77. The Kier molecular flexibility index (Phi) is 2.59. The molecule has 0 heterocycles. The topological polar surface area (TPSA) is 72.2 Å². The molecule has 0 saturated carbocycles. The lowest BCUT2D eigenvalue weighted by Crippen LogP contribution is -2.32. The molecule has 14 heavy (non-hydrogen) atoms. The highest BCUT2D eigenvalue weighted by molar-refractivity contribution is 5.95. The molecule has 0 saturated heterocycles. The van der Waals surface area contributed by atoms with Gasteiger partial charge >= 0.3 is 5.70 Å². The van der Waals surface area contributed by atoms with Gasteiger partial charge in [0, 0.05) is 13.5 Å². The van der Waals surface area contributed by atoms with E-state index in [1.54, 1.807) is 7.05 Å². The summed E-state index contributed by atoms with van der Waals surface area (Å²) in [5.74, 6) is -0.379. The van der Waals surface area contributed by atoms with Crippen molar-refractivity contribution >= 4 is 5.78 Å². The predicted molar refractivity (Wildman–Crippen MR) is 51.1 cm³/mol. The number of nitro groups is 1. The average Bonchev–Trinajstić information content (AvgIpc) is 1.99. The van der Waals surface area contributed by atoms with Gasteiger partial charge in [0.2, 0.25) is 5.78 Å². The summed E-state index contributed by atoms with van der Waals surface area (Å²) in [6, 6.07) is 0. The molecule has 0 aliphatic heterocycles. The molecule has 0 aromatic heterocycles. The molecule has 5 heteroatoms. The van der Waals surface area contributed by atoms with Crippen molar-refractivity contribution in [2.24, 2.45) is 5.41 Å². The Labute approximate surface area is 82.3 Å². The van der Waals surface area contributed by atoms with Gasteiger partial charge < -0.3 is 5.32 Å². The second kappa shape index (κ2) is 3.40. The van der Waals surface area contributed by atoms with Gasteiger partial charge in [-0.2, -0.15) is 0 Å². The largest absolute Gasteiger partial charge is 0.386 e. The molecule has 78 valence electrons. The molecule has 0 aromatic rings. The van der Waals surface area contributed by atoms with E-state index < -0.39 is 4.92 Å². The first-order valence-corrected chi connectivity index (χ1v) is 4.46. The first kappa shape index (κ1) is 10.7. The molecule has 0 radical (unpaired) electrons. The lowest BCUT2D eigenvalue weighted by molar-refractivity contribution is -0.421. The first-order valence-electron chi connectivity index (χ1n) is 4.46. The third kappa shape index (κ3) is 1.92. The summed E-state index contributed by atoms with van der Waals surface area (Å²) in [4.78, 5) is 21.5. The second-order valence-electron chi connectivity index (χ2n) is 4.28. The Balaban J connectivity index is 3.14. The van der Waals surface area contributed by atoms with Gasteiger partial charge in [0.05, 0.1) is 10.6 Å². The molecule has 0 spiro atoms. The van der Waals surface area contributed by atoms with Crippen molar-refractivity contribution in [2.75, 3.05) is 7.05 Å². The number of carbonyl (C=O) groups is 1. The van der Waals surface area contributed by atoms with Gasteiger partial charge in [-0.3, -0.25) is 14.9 Å². The first-order chi connectivity index (χ1) is 6.37. The summed E-state index contributed by atoms with van der Waals surface area (Å²) < 4.78 is 0. The molecule has 0 aromatic carbocycles. The third-order valence-electron chi connectivity index (χ3n) is 2.33. The van der Waals surface area contributed by atoms with Gasteiger partial charge in [0.1, 0.15) is 0 Å². The van der Waals surface area contributed by atoms with E-state index in [2.05, 4.69) is 5.32 Å². The molecule has 1 rings (SSSR count). The van der Waals surface area contributed by atoms with Crippen LogP contribution in [0.5, 0.6) is 0 Å². The Hall–Kier alpha value is -1.39. The van der Waals surface area contributed by atoms with E-state index in [-0.39, 0.29) is 23.3 Å². The van der Waals surface area contributed by atoms with Crippen molar-refractivity contribution in [2.45, 2.75) is 26.7 Å². The minimum Gasteiger partial charge on any atom is -0.386 e. The molecular weight excluding hydrogens is 184 g/mol. The molecular formula is C9H14N2O3. The van der Waals surface area contributed by atoms with Gasteiger partial charge in [0.15, 0.2) is 0 Å². The van der Waals surface area contributed by atoms with Crippen LogP contribution in [-0.2, 0) is 4.79 Å². The van der Waals surface area contributed by atoms with Gasteiger partial charge in [-0.25, -0.2) is 0 Å². The molecule has 0 atom stereocenters. The predicted octanol–water partition coefficient (Wildman–Crippen LogP) is 1.08. The summed E-state index contributed by atoms with van der Waals surface area (Å²) in [5.41, 5.74) is -0.0161. The smallest absolute Gasteiger partial charge is 0.330 e. The Morgan fingerprint density at radius 2 is 2.00 bits per heavy atom. The second-order valence-corrected chi connectivity index (χ2v) is 4.28. The zero-order valence-corrected chi connectivity index (χ0v) is 8.59. The maximum absolute atomic E-state index is 11.5. The molecule has 1 aliphatic carbocycles. The van der Waals surface area contributed by atoms with Crippen molar-refractivity contribution in [1.82, 2.24) is 5.32 Å². The minimum atomic E-state index is -0.594. The summed E-state index contributed by atoms with van der Waals surface area (Å²) in [6.07, 6.45) is 0.792. The van der Waals surface area contributed by atoms with Crippen molar-refractivity contribution in [1.29, 1.82) is 0 Å². The Morgan fingerprint density at radius 3 is 2.43 bits per heavy atom. The molecule has 1 aliphatic rings. The Bertz CT molecular complexity index is 318. The highest BCUT2D eigenvalue weighted by Gasteiger charge is 2.39. The summed E-state index contributed by atoms with van der Waals surface area (Å²) in [7, 11) is 1.60. The minimum absolute atomic E-state index is 0.186. The molecule has 5 nitrogen and oxygen atoms in total. The highest BCUT2D eigenvalue weighted by Crippen LogP contribution is 2.35. The fraction of sp³-hybridized carbons (Fsp3) is 0.667. The van der Waals surface area contributed by atoms with E-state index in [0.29, 0.717) is 12.1 Å². The number of carbonyl (C=O) groups excluding carboxylic acids is 1. The van der Waals surface area contributed by atoms with Crippen LogP contribution in [-0.4, -0.2) is 17.8 Å². The van der Waals surface area contributed by atoms with Gasteiger partial charge in [-0.05, 0) is 11.8 Å². The number of hydrogen-bond donors (Lipinski definition) is 1. The summed E-state index contributed by atoms with van der Waals surface area (Å²) in [5, 5.41) is 13.4. The maximum atomic E-state index is 11.5. The van der Waals surface area contributed by atoms with E-state index in [4.69, 9.17) is 0 Å². The van der Waals surface area contributed by atoms with Gasteiger partial charge in [-0.15, -0.1) is 0 Å². The van der Waals surface area contributed by atoms with Crippen LogP contribution in [0.1, 0.15) is 26.7 Å². The summed E-state index contributed by atoms with van der Waals surface area (Å²) >= 11 is 0. The monoisotopic (exact) mass is 198 g/mol. The van der Waals surface area contributed by atoms with Crippen molar-refractivity contribution in [3.05, 3.63) is 21.5 Å². The van der Waals surface area contributed by atoms with E-state index in [9.17, 15) is 14.9 Å². The van der Waals surface area contributed by atoms with Crippen LogP contribution in [0.4, 0.5) is 0 Å². The Morgan fingerprint density at radius 1 is 1.43 bits per heavy atom. The van der Waals surface area contributed by atoms with Crippen LogP contribution >= 0.6 is 0 Å². The van der Waals surface area contributed by atoms with Crippen LogP contribution < -0.4 is 5.32 Å². The molecule has 0 fully saturated rings. The fourth-order valence-corrected chi connectivity index (χ4v) is 1.73. The molecule has 0 amide bonds. The van der Waals surface area contributed by atoms with Gasteiger partial charge in [0.25, 0.3) is 0 Å². The van der Waals surface area contributed by atoms with Crippen LogP contribution in [0.15, 0.2) is 11.4 Å². The molecule has 1 N–H and O–H groups in total.